The van der Waals surface area contributed by atoms with Gasteiger partial charge in [-0.1, -0.05) is 34.1 Å². The first-order valence-corrected chi connectivity index (χ1v) is 12.8. The fraction of sp³-hybridized carbons (Fsp3) is 0.0769. The molecule has 0 radical (unpaired) electrons. The number of anilines is 1. The maximum absolute atomic E-state index is 13.3. The minimum Gasteiger partial charge on any atom is -0.488 e. The molecule has 3 aromatic rings. The lowest BCUT2D eigenvalue weighted by atomic mass is 10.1. The summed E-state index contributed by atoms with van der Waals surface area (Å²) in [6.07, 6.45) is 1.52. The molecule has 0 aliphatic carbocycles. The maximum atomic E-state index is 13.3. The number of nitrogens with zero attached hydrogens (tertiary/aromatic N) is 1. The Balaban J connectivity index is 1.54. The summed E-state index contributed by atoms with van der Waals surface area (Å²) in [5, 5.41) is 11.6. The number of aryl methyl sites for hydroxylation is 1. The number of nitrogens with one attached hydrogen (secondary N) is 1. The molecule has 2 N–H and O–H groups in total. The zero-order valence-electron chi connectivity index (χ0n) is 18.7. The molecule has 10 heteroatoms. The van der Waals surface area contributed by atoms with E-state index in [4.69, 9.17) is 22.1 Å². The third-order valence-corrected chi connectivity index (χ3v) is 6.98. The van der Waals surface area contributed by atoms with E-state index in [0.717, 1.165) is 19.2 Å². The third kappa shape index (κ3) is 5.66. The van der Waals surface area contributed by atoms with Crippen LogP contribution in [0.5, 0.6) is 5.75 Å². The molecule has 0 unspecified atom stereocenters. The Morgan fingerprint density at radius 3 is 2.50 bits per heavy atom. The van der Waals surface area contributed by atoms with Gasteiger partial charge in [0.2, 0.25) is 0 Å². The topological polar surface area (TPSA) is 95.9 Å². The number of rotatable bonds is 6. The molecule has 7 nitrogen and oxygen atoms in total. The smallest absolute Gasteiger partial charge is 0.335 e. The molecular formula is C26H18BrIN2O5S. The molecule has 1 fully saturated rings. The quantitative estimate of drug-likeness (QED) is 0.156. The van der Waals surface area contributed by atoms with E-state index in [9.17, 15) is 14.4 Å². The van der Waals surface area contributed by atoms with Crippen LogP contribution in [0.4, 0.5) is 5.69 Å². The van der Waals surface area contributed by atoms with Crippen LogP contribution in [0.15, 0.2) is 70.7 Å². The molecule has 36 heavy (non-hydrogen) atoms. The lowest BCUT2D eigenvalue weighted by molar-refractivity contribution is -0.122. The number of thiocarbonyl (C=S) groups is 1. The zero-order chi connectivity index (χ0) is 26.0. The van der Waals surface area contributed by atoms with Crippen molar-refractivity contribution in [3.8, 4) is 5.75 Å². The largest absolute Gasteiger partial charge is 0.488 e. The van der Waals surface area contributed by atoms with Crippen molar-refractivity contribution in [2.24, 2.45) is 0 Å². The summed E-state index contributed by atoms with van der Waals surface area (Å²) in [5.74, 6) is -1.43. The number of carboxylic acid groups (broad SMARTS) is 1. The van der Waals surface area contributed by atoms with Gasteiger partial charge in [0.1, 0.15) is 17.9 Å². The Kier molecular flexibility index (Phi) is 7.86. The predicted molar refractivity (Wildman–Crippen MR) is 152 cm³/mol. The van der Waals surface area contributed by atoms with Crippen LogP contribution in [0.25, 0.3) is 6.08 Å². The van der Waals surface area contributed by atoms with Crippen LogP contribution in [-0.2, 0) is 16.2 Å². The highest BCUT2D eigenvalue weighted by atomic mass is 127. The molecule has 0 saturated carbocycles. The summed E-state index contributed by atoms with van der Waals surface area (Å²) < 4.78 is 7.52. The van der Waals surface area contributed by atoms with Crippen LogP contribution in [-0.4, -0.2) is 28.0 Å². The first-order valence-electron chi connectivity index (χ1n) is 10.6. The summed E-state index contributed by atoms with van der Waals surface area (Å²) in [4.78, 5) is 38.2. The molecule has 0 bridgehead atoms. The number of halogens is 2. The molecule has 1 saturated heterocycles. The summed E-state index contributed by atoms with van der Waals surface area (Å²) in [6.45, 7) is 2.12. The Bertz CT molecular complexity index is 1440. The molecule has 1 aliphatic rings. The number of benzene rings is 3. The molecule has 0 aromatic heterocycles. The van der Waals surface area contributed by atoms with E-state index in [1.807, 2.05) is 13.0 Å². The second-order valence-corrected chi connectivity index (χ2v) is 10.3. The van der Waals surface area contributed by atoms with Crippen molar-refractivity contribution in [1.29, 1.82) is 0 Å². The molecule has 1 heterocycles. The van der Waals surface area contributed by atoms with Crippen molar-refractivity contribution in [2.75, 3.05) is 4.90 Å². The predicted octanol–water partition coefficient (Wildman–Crippen LogP) is 5.47. The fourth-order valence-corrected chi connectivity index (χ4v) is 4.99. The summed E-state index contributed by atoms with van der Waals surface area (Å²) >= 11 is 10.8. The minimum atomic E-state index is -0.983. The Hall–Kier alpha value is -3.09. The lowest BCUT2D eigenvalue weighted by Crippen LogP contribution is -2.54. The van der Waals surface area contributed by atoms with Crippen LogP contribution in [0, 0.1) is 10.5 Å². The fourth-order valence-electron chi connectivity index (χ4n) is 3.54. The van der Waals surface area contributed by atoms with Gasteiger partial charge < -0.3 is 9.84 Å². The van der Waals surface area contributed by atoms with E-state index in [-0.39, 0.29) is 22.9 Å². The minimum absolute atomic E-state index is 0.0299. The number of carbonyl (C=O) groups excluding carboxylic acids is 2. The number of hydrogen-bond donors (Lipinski definition) is 2. The normalized spacial score (nSPS) is 14.7. The van der Waals surface area contributed by atoms with E-state index in [1.54, 1.807) is 42.5 Å². The average molecular weight is 677 g/mol. The Morgan fingerprint density at radius 1 is 1.14 bits per heavy atom. The highest BCUT2D eigenvalue weighted by Crippen LogP contribution is 2.29. The molecule has 3 aromatic carbocycles. The van der Waals surface area contributed by atoms with Crippen LogP contribution >= 0.6 is 50.7 Å². The zero-order valence-corrected chi connectivity index (χ0v) is 23.3. The van der Waals surface area contributed by atoms with Crippen molar-refractivity contribution in [1.82, 2.24) is 5.32 Å². The molecule has 2 amide bonds. The number of amides is 2. The first-order chi connectivity index (χ1) is 17.1. The van der Waals surface area contributed by atoms with Crippen molar-refractivity contribution in [2.45, 2.75) is 13.5 Å². The summed E-state index contributed by atoms with van der Waals surface area (Å²) in [7, 11) is 0. The van der Waals surface area contributed by atoms with Crippen molar-refractivity contribution in [3.63, 3.8) is 0 Å². The first kappa shape index (κ1) is 26.0. The second kappa shape index (κ2) is 10.9. The molecule has 0 spiro atoms. The molecular weight excluding hydrogens is 659 g/mol. The van der Waals surface area contributed by atoms with Gasteiger partial charge in [-0.15, -0.1) is 0 Å². The number of carboxylic acids is 1. The van der Waals surface area contributed by atoms with E-state index >= 15 is 0 Å². The molecule has 0 atom stereocenters. The summed E-state index contributed by atoms with van der Waals surface area (Å²) in [6, 6.07) is 17.2. The van der Waals surface area contributed by atoms with Crippen molar-refractivity contribution in [3.05, 3.63) is 96.5 Å². The third-order valence-electron chi connectivity index (χ3n) is 5.36. The molecule has 1 aliphatic heterocycles. The molecule has 182 valence electrons. The van der Waals surface area contributed by atoms with Crippen LogP contribution in [0.2, 0.25) is 0 Å². The number of hydrogen-bond acceptors (Lipinski definition) is 5. The lowest BCUT2D eigenvalue weighted by Gasteiger charge is -2.30. The van der Waals surface area contributed by atoms with Crippen LogP contribution < -0.4 is 15.0 Å². The SMILES string of the molecule is Cc1cc(Br)ccc1N1C(=O)/C(=C/c2ccc(OCc3ccc(C(=O)O)cc3)c(I)c2)C(=O)NC1=S. The van der Waals surface area contributed by atoms with Gasteiger partial charge in [0.15, 0.2) is 5.11 Å². The Labute approximate surface area is 234 Å². The maximum Gasteiger partial charge on any atom is 0.335 e. The number of carbonyl (C=O) groups is 3. The van der Waals surface area contributed by atoms with Gasteiger partial charge in [-0.2, -0.15) is 0 Å². The van der Waals surface area contributed by atoms with Crippen LogP contribution in [0.3, 0.4) is 0 Å². The van der Waals surface area contributed by atoms with Gasteiger partial charge in [0, 0.05) is 4.47 Å². The molecule has 4 rings (SSSR count). The van der Waals surface area contributed by atoms with Gasteiger partial charge in [0.05, 0.1) is 14.8 Å². The van der Waals surface area contributed by atoms with E-state index in [2.05, 4.69) is 43.8 Å². The van der Waals surface area contributed by atoms with Crippen LogP contribution in [0.1, 0.15) is 27.0 Å². The number of ether oxygens (including phenoxy) is 1. The Morgan fingerprint density at radius 2 is 1.86 bits per heavy atom. The van der Waals surface area contributed by atoms with Gasteiger partial charge in [-0.3, -0.25) is 19.8 Å². The second-order valence-electron chi connectivity index (χ2n) is 7.87. The number of aromatic carboxylic acids is 1. The van der Waals surface area contributed by atoms with Crippen molar-refractivity contribution >= 4 is 85.4 Å². The highest BCUT2D eigenvalue weighted by Gasteiger charge is 2.35. The van der Waals surface area contributed by atoms with E-state index in [0.29, 0.717) is 17.0 Å². The van der Waals surface area contributed by atoms with Gasteiger partial charge in [-0.05, 0) is 107 Å². The van der Waals surface area contributed by atoms with E-state index < -0.39 is 17.8 Å². The average Bonchev–Trinajstić information content (AvgIpc) is 2.82. The standard InChI is InChI=1S/C26H18BrIN2O5S/c1-14-10-18(27)7-8-21(14)30-24(32)19(23(31)29-26(30)36)11-16-4-9-22(20(28)12-16)35-13-15-2-5-17(6-3-15)25(33)34/h2-12H,13H2,1H3,(H,33,34)(H,29,31,36)/b19-11+. The monoisotopic (exact) mass is 676 g/mol. The summed E-state index contributed by atoms with van der Waals surface area (Å²) in [5.41, 5.74) is 3.07. The highest BCUT2D eigenvalue weighted by molar-refractivity contribution is 14.1. The van der Waals surface area contributed by atoms with Gasteiger partial charge in [-0.25, -0.2) is 4.79 Å². The van der Waals surface area contributed by atoms with Gasteiger partial charge >= 0.3 is 5.97 Å². The van der Waals surface area contributed by atoms with E-state index in [1.165, 1.54) is 23.1 Å². The van der Waals surface area contributed by atoms with Gasteiger partial charge in [0.25, 0.3) is 11.8 Å². The van der Waals surface area contributed by atoms with Crippen molar-refractivity contribution < 1.29 is 24.2 Å².